The Hall–Kier alpha value is -0.430. The van der Waals surface area contributed by atoms with E-state index in [2.05, 4.69) is 15.9 Å². The fourth-order valence-electron chi connectivity index (χ4n) is 2.01. The molecule has 1 aliphatic heterocycles. The first kappa shape index (κ1) is 14.0. The van der Waals surface area contributed by atoms with Gasteiger partial charge in [-0.25, -0.2) is 8.42 Å². The molecule has 0 amide bonds. The minimum Gasteiger partial charge on any atom is -0.379 e. The summed E-state index contributed by atoms with van der Waals surface area (Å²) in [4.78, 5) is 0.377. The van der Waals surface area contributed by atoms with E-state index in [1.165, 1.54) is 4.31 Å². The highest BCUT2D eigenvalue weighted by atomic mass is 79.9. The predicted octanol–water partition coefficient (Wildman–Crippen LogP) is 2.09. The Morgan fingerprint density at radius 1 is 1.17 bits per heavy atom. The Bertz CT molecular complexity index is 551. The number of nitrogens with zero attached hydrogens (tertiary/aromatic N) is 1. The number of hydrogen-bond donors (Lipinski definition) is 0. The Morgan fingerprint density at radius 2 is 1.78 bits per heavy atom. The summed E-state index contributed by atoms with van der Waals surface area (Å²) in [6.45, 7) is 5.55. The fraction of sp³-hybridized carbons (Fsp3) is 0.500. The SMILES string of the molecule is Cc1cc(C)c(S(=O)(=O)N2CCOCC2)cc1Br. The number of ether oxygens (including phenoxy) is 1. The Balaban J connectivity index is 2.43. The molecular weight excluding hydrogens is 318 g/mol. The normalized spacial score (nSPS) is 17.9. The van der Waals surface area contributed by atoms with Crippen LogP contribution >= 0.6 is 15.9 Å². The van der Waals surface area contributed by atoms with Crippen LogP contribution in [0.1, 0.15) is 11.1 Å². The number of rotatable bonds is 2. The minimum atomic E-state index is -3.41. The quantitative estimate of drug-likeness (QED) is 0.832. The lowest BCUT2D eigenvalue weighted by Gasteiger charge is -2.26. The average Bonchev–Trinajstić information content (AvgIpc) is 2.34. The summed E-state index contributed by atoms with van der Waals surface area (Å²) in [6.07, 6.45) is 0. The highest BCUT2D eigenvalue weighted by molar-refractivity contribution is 9.10. The third-order valence-electron chi connectivity index (χ3n) is 3.04. The van der Waals surface area contributed by atoms with Crippen molar-refractivity contribution in [1.82, 2.24) is 4.31 Å². The van der Waals surface area contributed by atoms with Crippen molar-refractivity contribution in [2.75, 3.05) is 26.3 Å². The fourth-order valence-corrected chi connectivity index (χ4v) is 4.15. The number of morpholine rings is 1. The molecule has 0 unspecified atom stereocenters. The highest BCUT2D eigenvalue weighted by Gasteiger charge is 2.28. The van der Waals surface area contributed by atoms with Crippen molar-refractivity contribution in [3.05, 3.63) is 27.7 Å². The second-order valence-corrected chi connectivity index (χ2v) is 7.14. The van der Waals surface area contributed by atoms with Gasteiger partial charge in [0, 0.05) is 17.6 Å². The van der Waals surface area contributed by atoms with E-state index >= 15 is 0 Å². The van der Waals surface area contributed by atoms with Crippen LogP contribution < -0.4 is 0 Å². The summed E-state index contributed by atoms with van der Waals surface area (Å²) in [5.41, 5.74) is 1.82. The van der Waals surface area contributed by atoms with Crippen molar-refractivity contribution in [3.63, 3.8) is 0 Å². The molecule has 1 aromatic rings. The van der Waals surface area contributed by atoms with Gasteiger partial charge < -0.3 is 4.74 Å². The van der Waals surface area contributed by atoms with Gasteiger partial charge in [0.05, 0.1) is 18.1 Å². The topological polar surface area (TPSA) is 46.6 Å². The van der Waals surface area contributed by atoms with Crippen molar-refractivity contribution >= 4 is 26.0 Å². The largest absolute Gasteiger partial charge is 0.379 e. The number of aryl methyl sites for hydroxylation is 2. The molecule has 1 aliphatic rings. The summed E-state index contributed by atoms with van der Waals surface area (Å²) in [6, 6.07) is 3.58. The van der Waals surface area contributed by atoms with Gasteiger partial charge in [0.1, 0.15) is 0 Å². The van der Waals surface area contributed by atoms with Crippen LogP contribution in [-0.4, -0.2) is 39.0 Å². The lowest BCUT2D eigenvalue weighted by atomic mass is 10.2. The molecule has 6 heteroatoms. The molecule has 1 saturated heterocycles. The maximum Gasteiger partial charge on any atom is 0.243 e. The molecule has 4 nitrogen and oxygen atoms in total. The maximum atomic E-state index is 12.5. The molecule has 1 aromatic carbocycles. The molecule has 0 saturated carbocycles. The van der Waals surface area contributed by atoms with Crippen LogP contribution in [0.5, 0.6) is 0 Å². The highest BCUT2D eigenvalue weighted by Crippen LogP contribution is 2.27. The van der Waals surface area contributed by atoms with Gasteiger partial charge in [-0.1, -0.05) is 22.0 Å². The summed E-state index contributed by atoms with van der Waals surface area (Å²) in [5, 5.41) is 0. The van der Waals surface area contributed by atoms with Crippen LogP contribution in [-0.2, 0) is 14.8 Å². The van der Waals surface area contributed by atoms with Crippen LogP contribution in [0.4, 0.5) is 0 Å². The summed E-state index contributed by atoms with van der Waals surface area (Å²) >= 11 is 3.39. The van der Waals surface area contributed by atoms with E-state index in [1.54, 1.807) is 6.07 Å². The van der Waals surface area contributed by atoms with Crippen LogP contribution in [0.3, 0.4) is 0 Å². The van der Waals surface area contributed by atoms with E-state index in [0.29, 0.717) is 31.2 Å². The van der Waals surface area contributed by atoms with Gasteiger partial charge >= 0.3 is 0 Å². The zero-order chi connectivity index (χ0) is 13.3. The maximum absolute atomic E-state index is 12.5. The number of sulfonamides is 1. The molecule has 0 radical (unpaired) electrons. The molecule has 0 N–H and O–H groups in total. The smallest absolute Gasteiger partial charge is 0.243 e. The number of hydrogen-bond acceptors (Lipinski definition) is 3. The van der Waals surface area contributed by atoms with Gasteiger partial charge in [0.25, 0.3) is 0 Å². The Kier molecular flexibility index (Phi) is 4.11. The second kappa shape index (κ2) is 5.28. The number of benzene rings is 1. The number of halogens is 1. The van der Waals surface area contributed by atoms with Gasteiger partial charge in [0.2, 0.25) is 10.0 Å². The molecule has 2 rings (SSSR count). The van der Waals surface area contributed by atoms with Crippen LogP contribution in [0.25, 0.3) is 0 Å². The molecule has 0 aromatic heterocycles. The van der Waals surface area contributed by atoms with Gasteiger partial charge in [0.15, 0.2) is 0 Å². The molecule has 1 heterocycles. The zero-order valence-electron chi connectivity index (χ0n) is 10.4. The van der Waals surface area contributed by atoms with Gasteiger partial charge in [-0.3, -0.25) is 0 Å². The van der Waals surface area contributed by atoms with Crippen molar-refractivity contribution in [1.29, 1.82) is 0 Å². The van der Waals surface area contributed by atoms with E-state index in [1.807, 2.05) is 19.9 Å². The van der Waals surface area contributed by atoms with Crippen molar-refractivity contribution in [2.24, 2.45) is 0 Å². The molecule has 100 valence electrons. The van der Waals surface area contributed by atoms with E-state index < -0.39 is 10.0 Å². The third-order valence-corrected chi connectivity index (χ3v) is 5.94. The van der Waals surface area contributed by atoms with E-state index in [4.69, 9.17) is 4.74 Å². The molecular formula is C12H16BrNO3S. The van der Waals surface area contributed by atoms with Gasteiger partial charge in [-0.2, -0.15) is 4.31 Å². The van der Waals surface area contributed by atoms with Crippen molar-refractivity contribution < 1.29 is 13.2 Å². The van der Waals surface area contributed by atoms with Gasteiger partial charge in [-0.15, -0.1) is 0 Å². The first-order chi connectivity index (χ1) is 8.43. The second-order valence-electron chi connectivity index (χ2n) is 4.38. The van der Waals surface area contributed by atoms with Gasteiger partial charge in [-0.05, 0) is 31.0 Å². The zero-order valence-corrected chi connectivity index (χ0v) is 12.8. The third kappa shape index (κ3) is 2.61. The van der Waals surface area contributed by atoms with E-state index in [0.717, 1.165) is 15.6 Å². The Labute approximate surface area is 116 Å². The average molecular weight is 334 g/mol. The van der Waals surface area contributed by atoms with Crippen LogP contribution in [0.2, 0.25) is 0 Å². The predicted molar refractivity (Wildman–Crippen MR) is 73.2 cm³/mol. The molecule has 18 heavy (non-hydrogen) atoms. The summed E-state index contributed by atoms with van der Waals surface area (Å²) in [7, 11) is -3.41. The first-order valence-corrected chi connectivity index (χ1v) is 8.01. The summed E-state index contributed by atoms with van der Waals surface area (Å²) in [5.74, 6) is 0. The molecule has 1 fully saturated rings. The standard InChI is InChI=1S/C12H16BrNO3S/c1-9-7-10(2)12(8-11(9)13)18(15,16)14-3-5-17-6-4-14/h7-8H,3-6H2,1-2H3. The van der Waals surface area contributed by atoms with E-state index in [9.17, 15) is 8.42 Å². The molecule has 0 aliphatic carbocycles. The molecule has 0 bridgehead atoms. The van der Waals surface area contributed by atoms with Crippen LogP contribution in [0.15, 0.2) is 21.5 Å². The molecule has 0 atom stereocenters. The molecule has 0 spiro atoms. The lowest BCUT2D eigenvalue weighted by Crippen LogP contribution is -2.40. The Morgan fingerprint density at radius 3 is 2.39 bits per heavy atom. The van der Waals surface area contributed by atoms with E-state index in [-0.39, 0.29) is 0 Å². The lowest BCUT2D eigenvalue weighted by molar-refractivity contribution is 0.0730. The first-order valence-electron chi connectivity index (χ1n) is 5.77. The monoisotopic (exact) mass is 333 g/mol. The van der Waals surface area contributed by atoms with Crippen molar-refractivity contribution in [3.8, 4) is 0 Å². The summed E-state index contributed by atoms with van der Waals surface area (Å²) < 4.78 is 32.5. The minimum absolute atomic E-state index is 0.377. The van der Waals surface area contributed by atoms with Crippen LogP contribution in [0, 0.1) is 13.8 Å². The van der Waals surface area contributed by atoms with Crippen molar-refractivity contribution in [2.45, 2.75) is 18.7 Å².